The number of halogens is 1. The number of aliphatic carboxylic acids is 1. The summed E-state index contributed by atoms with van der Waals surface area (Å²) in [7, 11) is 0. The standard InChI is InChI=1S/C11H8BrNO3/c12-8-3-1-7(2-4-8)10-5-9(13-16-10)6-11(14)15/h1-5H,6H2,(H,14,15). The summed E-state index contributed by atoms with van der Waals surface area (Å²) < 4.78 is 6.04. The van der Waals surface area contributed by atoms with Gasteiger partial charge in [-0.15, -0.1) is 0 Å². The maximum absolute atomic E-state index is 10.5. The molecule has 0 aliphatic carbocycles. The van der Waals surface area contributed by atoms with Gasteiger partial charge in [-0.3, -0.25) is 4.79 Å². The molecule has 0 saturated heterocycles. The van der Waals surface area contributed by atoms with E-state index in [-0.39, 0.29) is 6.42 Å². The molecule has 2 rings (SSSR count). The van der Waals surface area contributed by atoms with Crippen molar-refractivity contribution in [1.29, 1.82) is 0 Å². The molecular formula is C11H8BrNO3. The minimum absolute atomic E-state index is 0.125. The molecule has 0 unspecified atom stereocenters. The Bertz CT molecular complexity index is 504. The van der Waals surface area contributed by atoms with Gasteiger partial charge in [0.1, 0.15) is 0 Å². The summed E-state index contributed by atoms with van der Waals surface area (Å²) in [6.07, 6.45) is -0.125. The van der Waals surface area contributed by atoms with Crippen LogP contribution in [0.4, 0.5) is 0 Å². The number of rotatable bonds is 3. The van der Waals surface area contributed by atoms with E-state index in [0.29, 0.717) is 11.5 Å². The smallest absolute Gasteiger partial charge is 0.309 e. The van der Waals surface area contributed by atoms with Crippen LogP contribution in [0.15, 0.2) is 39.3 Å². The second-order valence-corrected chi connectivity index (χ2v) is 4.18. The maximum Gasteiger partial charge on any atom is 0.309 e. The summed E-state index contributed by atoms with van der Waals surface area (Å²) in [5, 5.41) is 12.3. The highest BCUT2D eigenvalue weighted by atomic mass is 79.9. The Morgan fingerprint density at radius 2 is 2.06 bits per heavy atom. The largest absolute Gasteiger partial charge is 0.481 e. The number of carboxylic acid groups (broad SMARTS) is 1. The van der Waals surface area contributed by atoms with Crippen molar-refractivity contribution in [2.24, 2.45) is 0 Å². The average molecular weight is 282 g/mol. The number of benzene rings is 1. The van der Waals surface area contributed by atoms with Gasteiger partial charge in [0.05, 0.1) is 12.1 Å². The molecule has 1 aromatic heterocycles. The molecule has 5 heteroatoms. The highest BCUT2D eigenvalue weighted by molar-refractivity contribution is 9.10. The zero-order chi connectivity index (χ0) is 11.5. The molecule has 4 nitrogen and oxygen atoms in total. The van der Waals surface area contributed by atoms with Crippen LogP contribution >= 0.6 is 15.9 Å². The summed E-state index contributed by atoms with van der Waals surface area (Å²) in [6.45, 7) is 0. The zero-order valence-corrected chi connectivity index (χ0v) is 9.77. The molecule has 2 aromatic rings. The van der Waals surface area contributed by atoms with E-state index in [4.69, 9.17) is 9.63 Å². The quantitative estimate of drug-likeness (QED) is 0.940. The molecule has 0 fully saturated rings. The average Bonchev–Trinajstić information content (AvgIpc) is 2.66. The van der Waals surface area contributed by atoms with Crippen molar-refractivity contribution in [1.82, 2.24) is 5.16 Å². The van der Waals surface area contributed by atoms with E-state index < -0.39 is 5.97 Å². The van der Waals surface area contributed by atoms with Gasteiger partial charge in [-0.05, 0) is 12.1 Å². The van der Waals surface area contributed by atoms with E-state index in [2.05, 4.69) is 21.1 Å². The first-order valence-electron chi connectivity index (χ1n) is 4.58. The lowest BCUT2D eigenvalue weighted by atomic mass is 10.1. The first-order valence-corrected chi connectivity index (χ1v) is 5.38. The fraction of sp³-hybridized carbons (Fsp3) is 0.0909. The summed E-state index contributed by atoms with van der Waals surface area (Å²) in [5.74, 6) is -0.348. The van der Waals surface area contributed by atoms with Crippen LogP contribution in [0.25, 0.3) is 11.3 Å². The number of hydrogen-bond donors (Lipinski definition) is 1. The van der Waals surface area contributed by atoms with E-state index in [1.165, 1.54) is 0 Å². The molecular weight excluding hydrogens is 274 g/mol. The molecule has 82 valence electrons. The van der Waals surface area contributed by atoms with Gasteiger partial charge in [0.2, 0.25) is 0 Å². The molecule has 1 heterocycles. The van der Waals surface area contributed by atoms with Crippen molar-refractivity contribution in [2.45, 2.75) is 6.42 Å². The van der Waals surface area contributed by atoms with Gasteiger partial charge in [0.15, 0.2) is 5.76 Å². The number of carbonyl (C=O) groups is 1. The van der Waals surface area contributed by atoms with E-state index in [1.54, 1.807) is 6.07 Å². The fourth-order valence-corrected chi connectivity index (χ4v) is 1.56. The third kappa shape index (κ3) is 2.49. The maximum atomic E-state index is 10.5. The Balaban J connectivity index is 2.24. The molecule has 0 aliphatic heterocycles. The van der Waals surface area contributed by atoms with E-state index >= 15 is 0 Å². The van der Waals surface area contributed by atoms with Crippen LogP contribution < -0.4 is 0 Å². The van der Waals surface area contributed by atoms with Crippen LogP contribution in [-0.4, -0.2) is 16.2 Å². The summed E-state index contributed by atoms with van der Waals surface area (Å²) in [5.41, 5.74) is 1.29. The van der Waals surface area contributed by atoms with Crippen molar-refractivity contribution in [3.05, 3.63) is 40.5 Å². The molecule has 0 saturated carbocycles. The molecule has 0 atom stereocenters. The van der Waals surface area contributed by atoms with Crippen molar-refractivity contribution in [3.63, 3.8) is 0 Å². The predicted octanol–water partition coefficient (Wildman–Crippen LogP) is 2.73. The van der Waals surface area contributed by atoms with Crippen molar-refractivity contribution >= 4 is 21.9 Å². The SMILES string of the molecule is O=C(O)Cc1cc(-c2ccc(Br)cc2)on1. The molecule has 0 spiro atoms. The lowest BCUT2D eigenvalue weighted by molar-refractivity contribution is -0.136. The van der Waals surface area contributed by atoms with E-state index in [1.807, 2.05) is 24.3 Å². The number of nitrogens with zero attached hydrogens (tertiary/aromatic N) is 1. The van der Waals surface area contributed by atoms with Crippen LogP contribution in [0.3, 0.4) is 0 Å². The summed E-state index contributed by atoms with van der Waals surface area (Å²) >= 11 is 3.33. The van der Waals surface area contributed by atoms with Crippen molar-refractivity contribution < 1.29 is 14.4 Å². The molecule has 0 bridgehead atoms. The first-order chi connectivity index (χ1) is 7.65. The van der Waals surface area contributed by atoms with Crippen molar-refractivity contribution in [3.8, 4) is 11.3 Å². The Labute approximate surface area is 100 Å². The minimum Gasteiger partial charge on any atom is -0.481 e. The number of aromatic nitrogens is 1. The minimum atomic E-state index is -0.921. The fourth-order valence-electron chi connectivity index (χ4n) is 1.30. The van der Waals surface area contributed by atoms with Gasteiger partial charge in [-0.2, -0.15) is 0 Å². The third-order valence-electron chi connectivity index (χ3n) is 2.02. The molecule has 0 radical (unpaired) electrons. The van der Waals surface area contributed by atoms with Crippen molar-refractivity contribution in [2.75, 3.05) is 0 Å². The van der Waals surface area contributed by atoms with Crippen LogP contribution in [0.1, 0.15) is 5.69 Å². The Morgan fingerprint density at radius 3 is 2.69 bits per heavy atom. The van der Waals surface area contributed by atoms with Gasteiger partial charge in [0, 0.05) is 16.1 Å². The Hall–Kier alpha value is -1.62. The summed E-state index contributed by atoms with van der Waals surface area (Å²) in [6, 6.07) is 9.14. The zero-order valence-electron chi connectivity index (χ0n) is 8.18. The van der Waals surface area contributed by atoms with E-state index in [9.17, 15) is 4.79 Å². The predicted molar refractivity (Wildman–Crippen MR) is 61.0 cm³/mol. The molecule has 0 aliphatic rings. The molecule has 1 N–H and O–H groups in total. The molecule has 16 heavy (non-hydrogen) atoms. The second-order valence-electron chi connectivity index (χ2n) is 3.26. The highest BCUT2D eigenvalue weighted by Crippen LogP contribution is 2.22. The lowest BCUT2D eigenvalue weighted by Crippen LogP contribution is -1.99. The molecule has 1 aromatic carbocycles. The van der Waals surface area contributed by atoms with Gasteiger partial charge in [-0.25, -0.2) is 0 Å². The number of hydrogen-bond acceptors (Lipinski definition) is 3. The Kier molecular flexibility index (Phi) is 3.05. The van der Waals surface area contributed by atoms with Crippen LogP contribution in [0, 0.1) is 0 Å². The Morgan fingerprint density at radius 1 is 1.38 bits per heavy atom. The van der Waals surface area contributed by atoms with Gasteiger partial charge in [0.25, 0.3) is 0 Å². The van der Waals surface area contributed by atoms with Crippen LogP contribution in [-0.2, 0) is 11.2 Å². The second kappa shape index (κ2) is 4.49. The molecule has 0 amide bonds. The summed E-state index contributed by atoms with van der Waals surface area (Å²) in [4.78, 5) is 10.5. The third-order valence-corrected chi connectivity index (χ3v) is 2.55. The van der Waals surface area contributed by atoms with E-state index in [0.717, 1.165) is 10.0 Å². The van der Waals surface area contributed by atoms with Gasteiger partial charge >= 0.3 is 5.97 Å². The lowest BCUT2D eigenvalue weighted by Gasteiger charge is -1.94. The number of carboxylic acids is 1. The van der Waals surface area contributed by atoms with Gasteiger partial charge in [-0.1, -0.05) is 33.2 Å². The normalized spacial score (nSPS) is 10.3. The van der Waals surface area contributed by atoms with Gasteiger partial charge < -0.3 is 9.63 Å². The highest BCUT2D eigenvalue weighted by Gasteiger charge is 2.09. The van der Waals surface area contributed by atoms with Crippen LogP contribution in [0.2, 0.25) is 0 Å². The van der Waals surface area contributed by atoms with Crippen LogP contribution in [0.5, 0.6) is 0 Å². The first kappa shape index (κ1) is 10.9. The monoisotopic (exact) mass is 281 g/mol. The topological polar surface area (TPSA) is 63.3 Å².